The molecular formula is C19H27N7O. The molecule has 0 N–H and O–H groups in total. The average molecular weight is 369 g/mol. The highest BCUT2D eigenvalue weighted by molar-refractivity contribution is 5.91. The first-order valence-corrected chi connectivity index (χ1v) is 9.56. The summed E-state index contributed by atoms with van der Waals surface area (Å²) in [6.45, 7) is 3.06. The zero-order valence-corrected chi connectivity index (χ0v) is 16.3. The molecule has 8 heteroatoms. The van der Waals surface area contributed by atoms with Gasteiger partial charge >= 0.3 is 0 Å². The Kier molecular flexibility index (Phi) is 4.82. The third kappa shape index (κ3) is 3.41. The number of amides is 1. The molecule has 0 bridgehead atoms. The fraction of sp³-hybridized carbons (Fsp3) is 0.579. The van der Waals surface area contributed by atoms with Crippen LogP contribution in [0, 0.1) is 0 Å². The van der Waals surface area contributed by atoms with E-state index in [4.69, 9.17) is 4.98 Å². The van der Waals surface area contributed by atoms with Gasteiger partial charge < -0.3 is 19.3 Å². The minimum Gasteiger partial charge on any atom is -0.336 e. The first kappa shape index (κ1) is 17.9. The van der Waals surface area contributed by atoms with Gasteiger partial charge in [0.15, 0.2) is 5.82 Å². The van der Waals surface area contributed by atoms with E-state index in [0.29, 0.717) is 24.4 Å². The maximum atomic E-state index is 13.1. The lowest BCUT2D eigenvalue weighted by Gasteiger charge is -2.35. The van der Waals surface area contributed by atoms with Crippen molar-refractivity contribution in [3.05, 3.63) is 35.7 Å². The van der Waals surface area contributed by atoms with Crippen LogP contribution in [0.15, 0.2) is 18.5 Å². The number of hydrogen-bond acceptors (Lipinski definition) is 6. The van der Waals surface area contributed by atoms with Crippen LogP contribution in [-0.2, 0) is 20.0 Å². The van der Waals surface area contributed by atoms with Gasteiger partial charge in [-0.15, -0.1) is 0 Å². The van der Waals surface area contributed by atoms with E-state index in [9.17, 15) is 4.79 Å². The maximum Gasteiger partial charge on any atom is 0.289 e. The Hall–Kier alpha value is -2.48. The van der Waals surface area contributed by atoms with E-state index in [2.05, 4.69) is 33.9 Å². The summed E-state index contributed by atoms with van der Waals surface area (Å²) >= 11 is 0. The summed E-state index contributed by atoms with van der Waals surface area (Å²) in [5.41, 5.74) is 2.11. The topological polar surface area (TPSA) is 70.4 Å². The number of nitrogens with zero attached hydrogens (tertiary/aromatic N) is 7. The third-order valence-corrected chi connectivity index (χ3v) is 5.76. The number of hydrogen-bond donors (Lipinski definition) is 0. The molecule has 2 aliphatic heterocycles. The van der Waals surface area contributed by atoms with Gasteiger partial charge in [-0.25, -0.2) is 15.0 Å². The Morgan fingerprint density at radius 1 is 1.15 bits per heavy atom. The molecule has 144 valence electrons. The van der Waals surface area contributed by atoms with E-state index in [1.54, 1.807) is 12.4 Å². The first-order valence-electron chi connectivity index (χ1n) is 9.56. The van der Waals surface area contributed by atoms with E-state index >= 15 is 0 Å². The van der Waals surface area contributed by atoms with Crippen molar-refractivity contribution in [3.63, 3.8) is 0 Å². The van der Waals surface area contributed by atoms with E-state index in [0.717, 1.165) is 50.3 Å². The Bertz CT molecular complexity index is 809. The second-order valence-corrected chi connectivity index (χ2v) is 7.60. The van der Waals surface area contributed by atoms with Gasteiger partial charge in [-0.2, -0.15) is 0 Å². The number of fused-ring (bicyclic) bond motifs is 1. The maximum absolute atomic E-state index is 13.1. The van der Waals surface area contributed by atoms with Gasteiger partial charge in [0, 0.05) is 57.2 Å². The van der Waals surface area contributed by atoms with Gasteiger partial charge in [-0.3, -0.25) is 4.79 Å². The second-order valence-electron chi connectivity index (χ2n) is 7.60. The van der Waals surface area contributed by atoms with Gasteiger partial charge in [0.2, 0.25) is 5.95 Å². The zero-order valence-electron chi connectivity index (χ0n) is 16.3. The highest BCUT2D eigenvalue weighted by atomic mass is 16.2. The van der Waals surface area contributed by atoms with Crippen molar-refractivity contribution in [2.75, 3.05) is 38.6 Å². The summed E-state index contributed by atoms with van der Waals surface area (Å²) in [7, 11) is 6.18. The summed E-state index contributed by atoms with van der Waals surface area (Å²) in [5.74, 6) is 1.32. The molecule has 4 rings (SSSR count). The molecule has 2 aromatic heterocycles. The second kappa shape index (κ2) is 7.26. The molecule has 0 unspecified atom stereocenters. The number of imidazole rings is 1. The Balaban J connectivity index is 1.50. The molecular weight excluding hydrogens is 342 g/mol. The van der Waals surface area contributed by atoms with Gasteiger partial charge in [-0.05, 0) is 33.0 Å². The number of aromatic nitrogens is 4. The summed E-state index contributed by atoms with van der Waals surface area (Å²) in [5, 5.41) is 0. The zero-order chi connectivity index (χ0) is 19.0. The van der Waals surface area contributed by atoms with Crippen molar-refractivity contribution in [3.8, 4) is 0 Å². The first-order chi connectivity index (χ1) is 13.0. The molecule has 4 heterocycles. The predicted molar refractivity (Wildman–Crippen MR) is 103 cm³/mol. The molecule has 27 heavy (non-hydrogen) atoms. The largest absolute Gasteiger partial charge is 0.336 e. The van der Waals surface area contributed by atoms with Gasteiger partial charge in [0.25, 0.3) is 5.91 Å². The van der Waals surface area contributed by atoms with Crippen molar-refractivity contribution in [2.24, 2.45) is 7.05 Å². The van der Waals surface area contributed by atoms with Crippen LogP contribution in [0.25, 0.3) is 0 Å². The van der Waals surface area contributed by atoms with Gasteiger partial charge in [0.1, 0.15) is 0 Å². The minimum atomic E-state index is 0.0478. The van der Waals surface area contributed by atoms with Crippen molar-refractivity contribution in [2.45, 2.75) is 31.8 Å². The van der Waals surface area contributed by atoms with Crippen molar-refractivity contribution >= 4 is 11.9 Å². The van der Waals surface area contributed by atoms with Crippen LogP contribution in [0.1, 0.15) is 34.8 Å². The standard InChI is InChI=1S/C19H27N7O/c1-23(2)14-5-10-25(11-6-14)18(27)17-22-15-13-26(12-7-16(15)24(17)3)19-20-8-4-9-21-19/h4,8-9,14H,5-7,10-13H2,1-3H3. The fourth-order valence-electron chi connectivity index (χ4n) is 4.07. The number of likely N-dealkylation sites (tertiary alicyclic amines) is 1. The number of piperidine rings is 1. The summed E-state index contributed by atoms with van der Waals surface area (Å²) < 4.78 is 1.99. The number of rotatable bonds is 3. The van der Waals surface area contributed by atoms with E-state index in [-0.39, 0.29) is 5.91 Å². The number of carbonyl (C=O) groups is 1. The van der Waals surface area contributed by atoms with Crippen LogP contribution >= 0.6 is 0 Å². The van der Waals surface area contributed by atoms with E-state index in [1.807, 2.05) is 22.6 Å². The molecule has 0 aromatic carbocycles. The van der Waals surface area contributed by atoms with Crippen LogP contribution < -0.4 is 4.90 Å². The Morgan fingerprint density at radius 2 is 1.85 bits per heavy atom. The lowest BCUT2D eigenvalue weighted by molar-refractivity contribution is 0.0647. The molecule has 0 atom stereocenters. The van der Waals surface area contributed by atoms with Crippen LogP contribution in [0.4, 0.5) is 5.95 Å². The van der Waals surface area contributed by atoms with Crippen LogP contribution in [0.3, 0.4) is 0 Å². The number of anilines is 1. The van der Waals surface area contributed by atoms with Crippen LogP contribution in [0.5, 0.6) is 0 Å². The Morgan fingerprint density at radius 3 is 2.52 bits per heavy atom. The van der Waals surface area contributed by atoms with E-state index in [1.165, 1.54) is 0 Å². The molecule has 8 nitrogen and oxygen atoms in total. The molecule has 0 aliphatic carbocycles. The summed E-state index contributed by atoms with van der Waals surface area (Å²) in [4.78, 5) is 32.8. The lowest BCUT2D eigenvalue weighted by Crippen LogP contribution is -2.45. The average Bonchev–Trinajstić information content (AvgIpc) is 3.04. The molecule has 0 radical (unpaired) electrons. The smallest absolute Gasteiger partial charge is 0.289 e. The molecule has 1 saturated heterocycles. The monoisotopic (exact) mass is 369 g/mol. The molecule has 0 saturated carbocycles. The quantitative estimate of drug-likeness (QED) is 0.802. The minimum absolute atomic E-state index is 0.0478. The molecule has 1 fully saturated rings. The van der Waals surface area contributed by atoms with Crippen LogP contribution in [0.2, 0.25) is 0 Å². The lowest BCUT2D eigenvalue weighted by atomic mass is 10.0. The highest BCUT2D eigenvalue weighted by Gasteiger charge is 2.30. The van der Waals surface area contributed by atoms with Crippen molar-refractivity contribution < 1.29 is 4.79 Å². The van der Waals surface area contributed by atoms with Gasteiger partial charge in [0.05, 0.1) is 12.2 Å². The SMILES string of the molecule is CN(C)C1CCN(C(=O)c2nc3c(n2C)CCN(c2ncccn2)C3)CC1. The normalized spacial score (nSPS) is 18.1. The third-order valence-electron chi connectivity index (χ3n) is 5.76. The molecule has 0 spiro atoms. The number of carbonyl (C=O) groups excluding carboxylic acids is 1. The predicted octanol–water partition coefficient (Wildman–Crippen LogP) is 0.939. The summed E-state index contributed by atoms with van der Waals surface area (Å²) in [6.07, 6.45) is 6.38. The molecule has 1 amide bonds. The summed E-state index contributed by atoms with van der Waals surface area (Å²) in [6, 6.07) is 2.37. The van der Waals surface area contributed by atoms with Crippen LogP contribution in [-0.4, -0.2) is 75.0 Å². The fourth-order valence-corrected chi connectivity index (χ4v) is 4.07. The van der Waals surface area contributed by atoms with E-state index < -0.39 is 0 Å². The highest BCUT2D eigenvalue weighted by Crippen LogP contribution is 2.23. The van der Waals surface area contributed by atoms with Crippen molar-refractivity contribution in [1.82, 2.24) is 29.3 Å². The van der Waals surface area contributed by atoms with Crippen molar-refractivity contribution in [1.29, 1.82) is 0 Å². The van der Waals surface area contributed by atoms with Gasteiger partial charge in [-0.1, -0.05) is 0 Å². The molecule has 2 aliphatic rings. The Labute approximate surface area is 159 Å². The molecule has 2 aromatic rings.